The molecule has 0 rings (SSSR count). The van der Waals surface area contributed by atoms with E-state index in [1.807, 2.05) is 0 Å². The molecule has 0 spiro atoms. The Morgan fingerprint density at radius 1 is 1.06 bits per heavy atom. The third-order valence-electron chi connectivity index (χ3n) is 1.40. The van der Waals surface area contributed by atoms with Crippen LogP contribution in [0.4, 0.5) is 0 Å². The Labute approximate surface area is 104 Å². The average Bonchev–Trinajstić information content (AvgIpc) is 2.13. The highest BCUT2D eigenvalue weighted by Crippen LogP contribution is 2.49. The quantitative estimate of drug-likeness (QED) is 0.324. The summed E-state index contributed by atoms with van der Waals surface area (Å²) in [6.45, 7) is 8.98. The molecule has 0 aliphatic carbocycles. The number of hydrogen-bond donors (Lipinski definition) is 3. The Kier molecular flexibility index (Phi) is 22.4. The fourth-order valence-electron chi connectivity index (χ4n) is 0.797. The van der Waals surface area contributed by atoms with E-state index in [2.05, 4.69) is 29.1 Å². The van der Waals surface area contributed by atoms with Crippen LogP contribution in [0.2, 0.25) is 0 Å². The molecule has 0 unspecified atom stereocenters. The van der Waals surface area contributed by atoms with E-state index >= 15 is 0 Å². The van der Waals surface area contributed by atoms with Crippen LogP contribution in [0.3, 0.4) is 0 Å². The number of rotatable bonds is 9. The predicted molar refractivity (Wildman–Crippen MR) is 70.7 cm³/mol. The predicted octanol–water partition coefficient (Wildman–Crippen LogP) is 4.11. The van der Waals surface area contributed by atoms with Crippen molar-refractivity contribution < 1.29 is 18.1 Å². The van der Waals surface area contributed by atoms with Gasteiger partial charge in [-0.3, -0.25) is 4.52 Å². The molecular weight excluding hydrogens is 245 g/mol. The van der Waals surface area contributed by atoms with Crippen molar-refractivity contribution in [2.24, 2.45) is 0 Å². The Bertz CT molecular complexity index is 212. The highest BCUT2D eigenvalue weighted by Gasteiger charge is 2.26. The lowest BCUT2D eigenvalue weighted by Gasteiger charge is -2.13. The second-order valence-electron chi connectivity index (χ2n) is 2.53. The molecule has 17 heavy (non-hydrogen) atoms. The van der Waals surface area contributed by atoms with Gasteiger partial charge in [-0.15, -0.1) is 0 Å². The third-order valence-corrected chi connectivity index (χ3v) is 2.72. The van der Waals surface area contributed by atoms with E-state index in [0.717, 1.165) is 31.8 Å². The molecule has 0 saturated heterocycles. The van der Waals surface area contributed by atoms with Crippen LogP contribution in [-0.4, -0.2) is 6.61 Å². The van der Waals surface area contributed by atoms with Crippen LogP contribution in [0.1, 0.15) is 26.2 Å². The highest BCUT2D eigenvalue weighted by atomic mass is 31.2. The van der Waals surface area contributed by atoms with Gasteiger partial charge in [0.1, 0.15) is 0 Å². The van der Waals surface area contributed by atoms with Gasteiger partial charge in [-0.1, -0.05) is 32.9 Å². The summed E-state index contributed by atoms with van der Waals surface area (Å²) in [5.41, 5.74) is 0. The van der Waals surface area contributed by atoms with E-state index in [4.69, 9.17) is 4.52 Å². The summed E-state index contributed by atoms with van der Waals surface area (Å²) in [7, 11) is -3.50. The maximum atomic E-state index is 11.6. The second kappa shape index (κ2) is 15.1. The van der Waals surface area contributed by atoms with E-state index in [1.54, 1.807) is 0 Å². The Morgan fingerprint density at radius 3 is 1.88 bits per heavy atom. The van der Waals surface area contributed by atoms with Gasteiger partial charge in [0.15, 0.2) is 0 Å². The van der Waals surface area contributed by atoms with Gasteiger partial charge in [-0.2, -0.15) is 0 Å². The molecule has 0 fully saturated rings. The maximum Gasteiger partial charge on any atom is 0.586 e. The lowest BCUT2D eigenvalue weighted by Crippen LogP contribution is -1.95. The molecule has 0 saturated carbocycles. The highest BCUT2D eigenvalue weighted by molar-refractivity contribution is 7.48. The van der Waals surface area contributed by atoms with Crippen molar-refractivity contribution in [1.29, 1.82) is 0 Å². The normalized spacial score (nSPS) is 8.76. The fourth-order valence-corrected chi connectivity index (χ4v) is 1.69. The molecule has 9 N–H and O–H groups in total. The molecule has 0 bridgehead atoms. The van der Waals surface area contributed by atoms with Crippen LogP contribution >= 0.6 is 7.82 Å². The van der Waals surface area contributed by atoms with Gasteiger partial charge in [-0.05, 0) is 6.42 Å². The Morgan fingerprint density at radius 2 is 1.53 bits per heavy atom. The summed E-state index contributed by atoms with van der Waals surface area (Å²) in [6.07, 6.45) is 4.97. The lowest BCUT2D eigenvalue weighted by atomic mass is 10.3. The first-order valence-electron chi connectivity index (χ1n) is 4.51. The number of hydrogen-bond acceptors (Lipinski definition) is 7. The van der Waals surface area contributed by atoms with Crippen LogP contribution in [0.15, 0.2) is 25.7 Å². The molecule has 0 aromatic rings. The SMILES string of the molecule is C=COP(=O)(OC=C)OCCCCC.N.N.N. The van der Waals surface area contributed by atoms with Crippen molar-refractivity contribution in [3.8, 4) is 0 Å². The van der Waals surface area contributed by atoms with Crippen LogP contribution in [0.25, 0.3) is 0 Å². The topological polar surface area (TPSA) is 150 Å². The molecule has 0 aliphatic rings. The molecule has 0 atom stereocenters. The molecule has 8 heteroatoms. The van der Waals surface area contributed by atoms with Gasteiger partial charge in [0.25, 0.3) is 0 Å². The molecule has 0 amide bonds. The van der Waals surface area contributed by atoms with Gasteiger partial charge in [0, 0.05) is 0 Å². The zero-order valence-corrected chi connectivity index (χ0v) is 11.5. The van der Waals surface area contributed by atoms with Crippen molar-refractivity contribution in [2.45, 2.75) is 26.2 Å². The molecule has 0 aromatic carbocycles. The average molecular weight is 271 g/mol. The first-order chi connectivity index (χ1) is 6.68. The van der Waals surface area contributed by atoms with Crippen molar-refractivity contribution in [3.63, 3.8) is 0 Å². The molecule has 0 radical (unpaired) electrons. The summed E-state index contributed by atoms with van der Waals surface area (Å²) >= 11 is 0. The van der Waals surface area contributed by atoms with Crippen LogP contribution in [-0.2, 0) is 18.1 Å². The molecule has 0 heterocycles. The van der Waals surface area contributed by atoms with Gasteiger partial charge < -0.3 is 27.5 Å². The third kappa shape index (κ3) is 13.1. The summed E-state index contributed by atoms with van der Waals surface area (Å²) in [5, 5.41) is 0. The second-order valence-corrected chi connectivity index (χ2v) is 4.11. The van der Waals surface area contributed by atoms with Crippen LogP contribution in [0.5, 0.6) is 0 Å². The molecular formula is C9H26N3O4P. The summed E-state index contributed by atoms with van der Waals surface area (Å²) in [5.74, 6) is 0. The van der Waals surface area contributed by atoms with Crippen LogP contribution < -0.4 is 18.5 Å². The minimum absolute atomic E-state index is 0. The summed E-state index contributed by atoms with van der Waals surface area (Å²) in [4.78, 5) is 0. The zero-order chi connectivity index (χ0) is 10.9. The minimum atomic E-state index is -3.50. The number of phosphoric acid groups is 1. The maximum absolute atomic E-state index is 11.6. The minimum Gasteiger partial charge on any atom is -0.404 e. The van der Waals surface area contributed by atoms with Crippen molar-refractivity contribution in [3.05, 3.63) is 25.7 Å². The van der Waals surface area contributed by atoms with Gasteiger partial charge >= 0.3 is 7.82 Å². The number of phosphoric ester groups is 1. The fraction of sp³-hybridized carbons (Fsp3) is 0.556. The number of unbranched alkanes of at least 4 members (excludes halogenated alkanes) is 2. The molecule has 7 nitrogen and oxygen atoms in total. The van der Waals surface area contributed by atoms with Crippen molar-refractivity contribution in [2.75, 3.05) is 6.61 Å². The molecule has 106 valence electrons. The summed E-state index contributed by atoms with van der Waals surface area (Å²) in [6, 6.07) is 0. The monoisotopic (exact) mass is 271 g/mol. The molecule has 0 aromatic heterocycles. The standard InChI is InChI=1S/C9H17O4P.3H3N/c1-4-7-8-9-13-14(10,11-5-2)12-6-3;;;/h5-6H,2-4,7-9H2,1H3;3*1H3. The largest absolute Gasteiger partial charge is 0.586 e. The van der Waals surface area contributed by atoms with Gasteiger partial charge in [-0.25, -0.2) is 4.57 Å². The molecule has 0 aliphatic heterocycles. The first kappa shape index (κ1) is 25.1. The smallest absolute Gasteiger partial charge is 0.404 e. The van der Waals surface area contributed by atoms with Gasteiger partial charge in [0.2, 0.25) is 0 Å². The Hall–Kier alpha value is -0.850. The van der Waals surface area contributed by atoms with E-state index in [0.29, 0.717) is 6.61 Å². The van der Waals surface area contributed by atoms with E-state index in [9.17, 15) is 4.57 Å². The van der Waals surface area contributed by atoms with Crippen molar-refractivity contribution in [1.82, 2.24) is 18.5 Å². The van der Waals surface area contributed by atoms with Crippen LogP contribution in [0, 0.1) is 0 Å². The zero-order valence-electron chi connectivity index (χ0n) is 10.6. The lowest BCUT2D eigenvalue weighted by molar-refractivity contribution is 0.176. The first-order valence-corrected chi connectivity index (χ1v) is 5.97. The van der Waals surface area contributed by atoms with Gasteiger partial charge in [0.05, 0.1) is 19.1 Å². The summed E-state index contributed by atoms with van der Waals surface area (Å²) < 4.78 is 25.9. The van der Waals surface area contributed by atoms with E-state index in [-0.39, 0.29) is 18.5 Å². The van der Waals surface area contributed by atoms with E-state index in [1.165, 1.54) is 0 Å². The van der Waals surface area contributed by atoms with Crippen molar-refractivity contribution >= 4 is 7.82 Å². The Balaban J connectivity index is -0.000000282. The van der Waals surface area contributed by atoms with E-state index < -0.39 is 7.82 Å².